The van der Waals surface area contributed by atoms with Gasteiger partial charge in [-0.05, 0) is 30.3 Å². The molecule has 0 saturated heterocycles. The predicted octanol–water partition coefficient (Wildman–Crippen LogP) is 6.76. The van der Waals surface area contributed by atoms with Crippen molar-refractivity contribution in [3.05, 3.63) is 80.6 Å². The van der Waals surface area contributed by atoms with Crippen LogP contribution in [0.2, 0.25) is 20.1 Å². The number of aliphatic imine (C=N–C) groups is 1. The van der Waals surface area contributed by atoms with Crippen molar-refractivity contribution in [1.29, 1.82) is 0 Å². The number of aromatic nitrogens is 3. The Morgan fingerprint density at radius 2 is 1.67 bits per heavy atom. The van der Waals surface area contributed by atoms with Gasteiger partial charge in [0.15, 0.2) is 11.5 Å². The number of hydrogen-bond donors (Lipinski definition) is 0. The van der Waals surface area contributed by atoms with Gasteiger partial charge in [-0.25, -0.2) is 9.98 Å². The smallest absolute Gasteiger partial charge is 0.165 e. The molecule has 0 unspecified atom stereocenters. The number of halogens is 4. The van der Waals surface area contributed by atoms with Crippen LogP contribution >= 0.6 is 46.4 Å². The molecule has 4 nitrogen and oxygen atoms in total. The van der Waals surface area contributed by atoms with Crippen LogP contribution in [0, 0.1) is 0 Å². The standard InChI is InChI=1S/C19H10Cl4N4/c20-12-2-1-11(15(22)7-12)9-25-19-18(14-4-3-13(21)8-16(14)23)26-17-10-24-5-6-27(17)19/h1-10H/b25-9+. The summed E-state index contributed by atoms with van der Waals surface area (Å²) in [5.74, 6) is 0.600. The highest BCUT2D eigenvalue weighted by atomic mass is 35.5. The average molecular weight is 436 g/mol. The predicted molar refractivity (Wildman–Crippen MR) is 112 cm³/mol. The fourth-order valence-electron chi connectivity index (χ4n) is 2.62. The second-order valence-electron chi connectivity index (χ2n) is 5.64. The molecule has 8 heteroatoms. The molecular weight excluding hydrogens is 426 g/mol. The van der Waals surface area contributed by atoms with Gasteiger partial charge < -0.3 is 0 Å². The zero-order valence-electron chi connectivity index (χ0n) is 13.6. The highest BCUT2D eigenvalue weighted by Gasteiger charge is 2.16. The van der Waals surface area contributed by atoms with Crippen LogP contribution in [0.1, 0.15) is 5.56 Å². The summed E-state index contributed by atoms with van der Waals surface area (Å²) in [5.41, 5.74) is 2.72. The first-order chi connectivity index (χ1) is 13.0. The van der Waals surface area contributed by atoms with E-state index in [-0.39, 0.29) is 0 Å². The molecule has 0 spiro atoms. The Balaban J connectivity index is 1.89. The molecule has 0 bridgehead atoms. The summed E-state index contributed by atoms with van der Waals surface area (Å²) in [6.45, 7) is 0. The van der Waals surface area contributed by atoms with E-state index >= 15 is 0 Å². The maximum absolute atomic E-state index is 6.39. The first-order valence-electron chi connectivity index (χ1n) is 7.79. The van der Waals surface area contributed by atoms with Crippen LogP contribution in [-0.2, 0) is 0 Å². The molecule has 0 fully saturated rings. The Morgan fingerprint density at radius 1 is 0.926 bits per heavy atom. The molecule has 27 heavy (non-hydrogen) atoms. The molecule has 2 aromatic heterocycles. The molecular formula is C19H10Cl4N4. The molecule has 0 N–H and O–H groups in total. The zero-order chi connectivity index (χ0) is 19.0. The van der Waals surface area contributed by atoms with Gasteiger partial charge in [-0.15, -0.1) is 0 Å². The molecule has 134 valence electrons. The van der Waals surface area contributed by atoms with Crippen molar-refractivity contribution in [2.75, 3.05) is 0 Å². The van der Waals surface area contributed by atoms with E-state index < -0.39 is 0 Å². The van der Waals surface area contributed by atoms with Crippen LogP contribution in [-0.4, -0.2) is 20.6 Å². The fourth-order valence-corrected chi connectivity index (χ4v) is 3.57. The lowest BCUT2D eigenvalue weighted by molar-refractivity contribution is 1.12. The van der Waals surface area contributed by atoms with E-state index in [0.29, 0.717) is 37.2 Å². The second-order valence-corrected chi connectivity index (χ2v) is 7.32. The molecule has 4 aromatic rings. The molecule has 0 saturated carbocycles. The Labute approximate surface area is 175 Å². The highest BCUT2D eigenvalue weighted by Crippen LogP contribution is 2.36. The van der Waals surface area contributed by atoms with Crippen molar-refractivity contribution in [2.24, 2.45) is 4.99 Å². The Morgan fingerprint density at radius 3 is 2.41 bits per heavy atom. The maximum atomic E-state index is 6.39. The first kappa shape index (κ1) is 18.3. The monoisotopic (exact) mass is 434 g/mol. The minimum atomic E-state index is 0.486. The Bertz CT molecular complexity index is 1180. The lowest BCUT2D eigenvalue weighted by Crippen LogP contribution is -1.87. The molecule has 0 atom stereocenters. The van der Waals surface area contributed by atoms with E-state index in [0.717, 1.165) is 11.1 Å². The van der Waals surface area contributed by atoms with Gasteiger partial charge in [0.05, 0.1) is 16.2 Å². The fraction of sp³-hybridized carbons (Fsp3) is 0. The largest absolute Gasteiger partial charge is 0.281 e. The summed E-state index contributed by atoms with van der Waals surface area (Å²) in [6.07, 6.45) is 6.76. The summed E-state index contributed by atoms with van der Waals surface area (Å²) < 4.78 is 1.83. The number of imidazole rings is 1. The third-order valence-electron chi connectivity index (χ3n) is 3.88. The minimum Gasteiger partial charge on any atom is -0.281 e. The van der Waals surface area contributed by atoms with E-state index in [1.807, 2.05) is 10.5 Å². The van der Waals surface area contributed by atoms with Gasteiger partial charge in [0.25, 0.3) is 0 Å². The van der Waals surface area contributed by atoms with Gasteiger partial charge in [0, 0.05) is 39.8 Å². The number of hydrogen-bond acceptors (Lipinski definition) is 3. The third-order valence-corrected chi connectivity index (χ3v) is 4.99. The maximum Gasteiger partial charge on any atom is 0.165 e. The van der Waals surface area contributed by atoms with E-state index in [1.54, 1.807) is 55.1 Å². The average Bonchev–Trinajstić information content (AvgIpc) is 2.99. The minimum absolute atomic E-state index is 0.486. The van der Waals surface area contributed by atoms with E-state index in [9.17, 15) is 0 Å². The van der Waals surface area contributed by atoms with Crippen LogP contribution in [0.4, 0.5) is 5.82 Å². The van der Waals surface area contributed by atoms with Gasteiger partial charge in [-0.2, -0.15) is 0 Å². The van der Waals surface area contributed by atoms with Crippen molar-refractivity contribution in [2.45, 2.75) is 0 Å². The van der Waals surface area contributed by atoms with Crippen LogP contribution in [0.3, 0.4) is 0 Å². The number of benzene rings is 2. The molecule has 0 aliphatic heterocycles. The van der Waals surface area contributed by atoms with Crippen LogP contribution < -0.4 is 0 Å². The van der Waals surface area contributed by atoms with Crippen LogP contribution in [0.25, 0.3) is 16.9 Å². The number of nitrogens with zero attached hydrogens (tertiary/aromatic N) is 4. The van der Waals surface area contributed by atoms with Crippen molar-refractivity contribution in [3.8, 4) is 11.3 Å². The molecule has 0 aliphatic carbocycles. The topological polar surface area (TPSA) is 42.5 Å². The lowest BCUT2D eigenvalue weighted by Gasteiger charge is -2.04. The normalized spacial score (nSPS) is 11.6. The molecule has 2 aromatic carbocycles. The van der Waals surface area contributed by atoms with Crippen molar-refractivity contribution in [3.63, 3.8) is 0 Å². The summed E-state index contributed by atoms with van der Waals surface area (Å²) in [6, 6.07) is 10.5. The number of rotatable bonds is 3. The van der Waals surface area contributed by atoms with Gasteiger partial charge in [0.1, 0.15) is 5.69 Å². The molecule has 2 heterocycles. The summed E-state index contributed by atoms with van der Waals surface area (Å²) in [5, 5.41) is 2.10. The highest BCUT2D eigenvalue weighted by molar-refractivity contribution is 6.37. The van der Waals surface area contributed by atoms with Gasteiger partial charge in [0.2, 0.25) is 0 Å². The Hall–Kier alpha value is -2.11. The van der Waals surface area contributed by atoms with E-state index in [4.69, 9.17) is 46.4 Å². The van der Waals surface area contributed by atoms with Gasteiger partial charge >= 0.3 is 0 Å². The molecule has 0 amide bonds. The van der Waals surface area contributed by atoms with Gasteiger partial charge in [-0.1, -0.05) is 52.5 Å². The van der Waals surface area contributed by atoms with Crippen molar-refractivity contribution in [1.82, 2.24) is 14.4 Å². The summed E-state index contributed by atoms with van der Waals surface area (Å²) >= 11 is 24.6. The lowest BCUT2D eigenvalue weighted by atomic mass is 10.1. The Kier molecular flexibility index (Phi) is 5.06. The van der Waals surface area contributed by atoms with Crippen molar-refractivity contribution < 1.29 is 0 Å². The molecule has 4 rings (SSSR count). The van der Waals surface area contributed by atoms with Gasteiger partial charge in [-0.3, -0.25) is 9.38 Å². The van der Waals surface area contributed by atoms with E-state index in [1.165, 1.54) is 0 Å². The zero-order valence-corrected chi connectivity index (χ0v) is 16.6. The van der Waals surface area contributed by atoms with Crippen LogP contribution in [0.15, 0.2) is 60.0 Å². The third kappa shape index (κ3) is 3.66. The first-order valence-corrected chi connectivity index (χ1v) is 9.31. The van der Waals surface area contributed by atoms with Crippen molar-refractivity contribution >= 4 is 64.1 Å². The summed E-state index contributed by atoms with van der Waals surface area (Å²) in [7, 11) is 0. The quantitative estimate of drug-likeness (QED) is 0.333. The molecule has 0 radical (unpaired) electrons. The molecule has 0 aliphatic rings. The SMILES string of the molecule is Clc1ccc(/C=N/c2c(-c3ccc(Cl)cc3Cl)nc3cnccn23)c(Cl)c1. The summed E-state index contributed by atoms with van der Waals surface area (Å²) in [4.78, 5) is 13.4. The number of fused-ring (bicyclic) bond motifs is 1. The van der Waals surface area contributed by atoms with Crippen LogP contribution in [0.5, 0.6) is 0 Å². The second kappa shape index (κ2) is 7.49. The van der Waals surface area contributed by atoms with E-state index in [2.05, 4.69) is 15.0 Å².